The first kappa shape index (κ1) is 19.3. The Balaban J connectivity index is 1.94. The van der Waals surface area contributed by atoms with Crippen LogP contribution in [-0.4, -0.2) is 28.7 Å². The molecule has 0 fully saturated rings. The van der Waals surface area contributed by atoms with Crippen molar-refractivity contribution < 1.29 is 23.1 Å². The predicted octanol–water partition coefficient (Wildman–Crippen LogP) is 3.65. The Bertz CT molecular complexity index is 768. The fourth-order valence-electron chi connectivity index (χ4n) is 1.82. The van der Waals surface area contributed by atoms with Crippen molar-refractivity contribution in [3.05, 3.63) is 40.9 Å². The van der Waals surface area contributed by atoms with E-state index in [2.05, 4.69) is 10.3 Å². The van der Waals surface area contributed by atoms with Crippen molar-refractivity contribution in [3.63, 3.8) is 0 Å². The third kappa shape index (κ3) is 5.79. The predicted molar refractivity (Wildman–Crippen MR) is 92.8 cm³/mol. The lowest BCUT2D eigenvalue weighted by Gasteiger charge is -2.11. The second-order valence-corrected chi connectivity index (χ2v) is 7.41. The summed E-state index contributed by atoms with van der Waals surface area (Å²) in [6, 6.07) is 2.85. The first-order valence-corrected chi connectivity index (χ1v) is 9.17. The fourth-order valence-corrected chi connectivity index (χ4v) is 3.80. The van der Waals surface area contributed by atoms with Gasteiger partial charge in [-0.05, 0) is 26.0 Å². The average molecular weight is 386 g/mol. The Morgan fingerprint density at radius 1 is 1.40 bits per heavy atom. The lowest BCUT2D eigenvalue weighted by Crippen LogP contribution is -2.23. The zero-order valence-electron chi connectivity index (χ0n) is 13.5. The first-order chi connectivity index (χ1) is 11.9. The molecule has 1 N–H and O–H groups in total. The van der Waals surface area contributed by atoms with E-state index in [0.29, 0.717) is 16.6 Å². The molecule has 1 heterocycles. The molecule has 1 aromatic carbocycles. The number of anilines is 1. The average Bonchev–Trinajstić information content (AvgIpc) is 2.97. The highest BCUT2D eigenvalue weighted by molar-refractivity contribution is 8.02. The molecular weight excluding hydrogens is 370 g/mol. The molecule has 5 nitrogen and oxygen atoms in total. The molecule has 0 bridgehead atoms. The number of nitrogens with zero attached hydrogens (tertiary/aromatic N) is 1. The molecular formula is C16H16F2N2O3S2. The van der Waals surface area contributed by atoms with Crippen molar-refractivity contribution in [2.75, 3.05) is 11.9 Å². The molecule has 1 aromatic heterocycles. The van der Waals surface area contributed by atoms with Gasteiger partial charge in [0.15, 0.2) is 4.34 Å². The first-order valence-electron chi connectivity index (χ1n) is 7.41. The standard InChI is InChI=1S/C16H16F2N2O3S2/c1-3-23-14(21)7-11-8-24-16(19-11)25-9(2)15(22)20-13-6-10(17)4-5-12(13)18/h4-6,8-9H,3,7H2,1-2H3,(H,20,22). The number of carbonyl (C=O) groups is 2. The quantitative estimate of drug-likeness (QED) is 0.581. The zero-order valence-corrected chi connectivity index (χ0v) is 15.2. The van der Waals surface area contributed by atoms with Crippen LogP contribution in [0.4, 0.5) is 14.5 Å². The molecule has 25 heavy (non-hydrogen) atoms. The van der Waals surface area contributed by atoms with Crippen molar-refractivity contribution in [2.24, 2.45) is 0 Å². The van der Waals surface area contributed by atoms with E-state index in [1.807, 2.05) is 0 Å². The van der Waals surface area contributed by atoms with Gasteiger partial charge in [0.1, 0.15) is 11.6 Å². The molecule has 2 aromatic rings. The number of halogens is 2. The number of nitrogens with one attached hydrogen (secondary N) is 1. The van der Waals surface area contributed by atoms with E-state index in [1.54, 1.807) is 19.2 Å². The Labute approximate surface area is 151 Å². The highest BCUT2D eigenvalue weighted by Gasteiger charge is 2.19. The zero-order chi connectivity index (χ0) is 18.4. The number of rotatable bonds is 7. The van der Waals surface area contributed by atoms with Crippen LogP contribution in [0.15, 0.2) is 27.9 Å². The second kappa shape index (κ2) is 8.91. The monoisotopic (exact) mass is 386 g/mol. The van der Waals surface area contributed by atoms with Crippen LogP contribution in [-0.2, 0) is 20.7 Å². The number of aromatic nitrogens is 1. The van der Waals surface area contributed by atoms with Gasteiger partial charge in [0, 0.05) is 11.4 Å². The van der Waals surface area contributed by atoms with E-state index in [0.717, 1.165) is 18.2 Å². The van der Waals surface area contributed by atoms with Gasteiger partial charge >= 0.3 is 5.97 Å². The molecule has 0 aliphatic rings. The molecule has 0 spiro atoms. The minimum atomic E-state index is -0.710. The molecule has 1 unspecified atom stereocenters. The molecule has 1 amide bonds. The van der Waals surface area contributed by atoms with Crippen LogP contribution in [0.5, 0.6) is 0 Å². The largest absolute Gasteiger partial charge is 0.466 e. The summed E-state index contributed by atoms with van der Waals surface area (Å²) in [4.78, 5) is 27.8. The molecule has 0 saturated heterocycles. The molecule has 2 rings (SSSR count). The van der Waals surface area contributed by atoms with Gasteiger partial charge in [-0.2, -0.15) is 0 Å². The third-order valence-corrected chi connectivity index (χ3v) is 5.12. The lowest BCUT2D eigenvalue weighted by atomic mass is 10.3. The van der Waals surface area contributed by atoms with E-state index in [-0.39, 0.29) is 18.1 Å². The van der Waals surface area contributed by atoms with Crippen LogP contribution in [0.1, 0.15) is 19.5 Å². The molecule has 0 saturated carbocycles. The molecule has 0 aliphatic carbocycles. The number of esters is 1. The molecule has 1 atom stereocenters. The van der Waals surface area contributed by atoms with Crippen LogP contribution in [0, 0.1) is 11.6 Å². The van der Waals surface area contributed by atoms with E-state index in [4.69, 9.17) is 4.74 Å². The number of amides is 1. The summed E-state index contributed by atoms with van der Waals surface area (Å²) in [5, 5.41) is 3.49. The Kier molecular flexibility index (Phi) is 6.89. The van der Waals surface area contributed by atoms with Gasteiger partial charge in [-0.3, -0.25) is 9.59 Å². The van der Waals surface area contributed by atoms with Crippen LogP contribution in [0.2, 0.25) is 0 Å². The number of hydrogen-bond acceptors (Lipinski definition) is 6. The van der Waals surface area contributed by atoms with E-state index >= 15 is 0 Å². The molecule has 9 heteroatoms. The Morgan fingerprint density at radius 2 is 2.16 bits per heavy atom. The van der Waals surface area contributed by atoms with Crippen molar-refractivity contribution in [3.8, 4) is 0 Å². The normalized spacial score (nSPS) is 11.8. The fraction of sp³-hybridized carbons (Fsp3) is 0.312. The summed E-state index contributed by atoms with van der Waals surface area (Å²) >= 11 is 2.47. The van der Waals surface area contributed by atoms with E-state index in [9.17, 15) is 18.4 Å². The maximum Gasteiger partial charge on any atom is 0.311 e. The smallest absolute Gasteiger partial charge is 0.311 e. The minimum Gasteiger partial charge on any atom is -0.466 e. The number of hydrogen-bond donors (Lipinski definition) is 1. The third-order valence-electron chi connectivity index (χ3n) is 2.99. The van der Waals surface area contributed by atoms with Gasteiger partial charge in [0.05, 0.1) is 29.7 Å². The number of ether oxygens (including phenoxy) is 1. The maximum absolute atomic E-state index is 13.6. The summed E-state index contributed by atoms with van der Waals surface area (Å²) in [5.74, 6) is -2.19. The number of thioether (sulfide) groups is 1. The molecule has 134 valence electrons. The highest BCUT2D eigenvalue weighted by atomic mass is 32.2. The summed E-state index contributed by atoms with van der Waals surface area (Å²) in [6.07, 6.45) is 0.0694. The van der Waals surface area contributed by atoms with Crippen LogP contribution < -0.4 is 5.32 Å². The number of benzene rings is 1. The van der Waals surface area contributed by atoms with Gasteiger partial charge in [0.25, 0.3) is 0 Å². The number of carbonyl (C=O) groups excluding carboxylic acids is 2. The second-order valence-electron chi connectivity index (χ2n) is 4.96. The topological polar surface area (TPSA) is 68.3 Å². The van der Waals surface area contributed by atoms with Gasteiger partial charge in [-0.15, -0.1) is 11.3 Å². The van der Waals surface area contributed by atoms with Crippen molar-refractivity contribution >= 4 is 40.7 Å². The maximum atomic E-state index is 13.6. The number of thiazole rings is 1. The van der Waals surface area contributed by atoms with E-state index in [1.165, 1.54) is 23.1 Å². The highest BCUT2D eigenvalue weighted by Crippen LogP contribution is 2.28. The summed E-state index contributed by atoms with van der Waals surface area (Å²) in [5.41, 5.74) is 0.356. The van der Waals surface area contributed by atoms with Gasteiger partial charge in [-0.25, -0.2) is 13.8 Å². The van der Waals surface area contributed by atoms with Gasteiger partial charge in [-0.1, -0.05) is 11.8 Å². The molecule has 0 aliphatic heterocycles. The van der Waals surface area contributed by atoms with Crippen molar-refractivity contribution in [1.29, 1.82) is 0 Å². The van der Waals surface area contributed by atoms with Crippen LogP contribution >= 0.6 is 23.1 Å². The molecule has 0 radical (unpaired) electrons. The SMILES string of the molecule is CCOC(=O)Cc1csc(SC(C)C(=O)Nc2cc(F)ccc2F)n1. The Hall–Kier alpha value is -2.00. The summed E-state index contributed by atoms with van der Waals surface area (Å²) in [7, 11) is 0. The van der Waals surface area contributed by atoms with Gasteiger partial charge in [0.2, 0.25) is 5.91 Å². The van der Waals surface area contributed by atoms with Crippen molar-refractivity contribution in [1.82, 2.24) is 4.98 Å². The van der Waals surface area contributed by atoms with Crippen LogP contribution in [0.3, 0.4) is 0 Å². The Morgan fingerprint density at radius 3 is 2.88 bits per heavy atom. The summed E-state index contributed by atoms with van der Waals surface area (Å²) < 4.78 is 32.2. The minimum absolute atomic E-state index is 0.0694. The van der Waals surface area contributed by atoms with Crippen molar-refractivity contribution in [2.45, 2.75) is 29.9 Å². The van der Waals surface area contributed by atoms with Gasteiger partial charge < -0.3 is 10.1 Å². The van der Waals surface area contributed by atoms with E-state index < -0.39 is 22.8 Å². The van der Waals surface area contributed by atoms with Crippen LogP contribution in [0.25, 0.3) is 0 Å². The summed E-state index contributed by atoms with van der Waals surface area (Å²) in [6.45, 7) is 3.66. The lowest BCUT2D eigenvalue weighted by molar-refractivity contribution is -0.142.